The molecule has 0 aliphatic carbocycles. The van der Waals surface area contributed by atoms with Gasteiger partial charge in [0.2, 0.25) is 0 Å². The number of fused-ring (bicyclic) bond motifs is 1. The van der Waals surface area contributed by atoms with Crippen molar-refractivity contribution in [3.8, 4) is 5.75 Å². The van der Waals surface area contributed by atoms with Crippen molar-refractivity contribution >= 4 is 5.96 Å². The Hall–Kier alpha value is -2.51. The molecule has 2 aromatic rings. The van der Waals surface area contributed by atoms with Gasteiger partial charge in [0, 0.05) is 50.6 Å². The van der Waals surface area contributed by atoms with Crippen molar-refractivity contribution in [3.05, 3.63) is 54.0 Å². The van der Waals surface area contributed by atoms with Crippen LogP contribution in [-0.4, -0.2) is 52.1 Å². The van der Waals surface area contributed by atoms with E-state index in [2.05, 4.69) is 22.8 Å². The molecule has 1 fully saturated rings. The fourth-order valence-corrected chi connectivity index (χ4v) is 3.89. The highest BCUT2D eigenvalue weighted by atomic mass is 16.5. The second-order valence-electron chi connectivity index (χ2n) is 8.02. The van der Waals surface area contributed by atoms with Gasteiger partial charge in [-0.3, -0.25) is 4.99 Å². The molecule has 7 nitrogen and oxygen atoms in total. The largest absolute Gasteiger partial charge is 0.493 e. The van der Waals surface area contributed by atoms with Crippen LogP contribution in [0.2, 0.25) is 0 Å². The number of para-hydroxylation sites is 1. The third kappa shape index (κ3) is 6.74. The first-order valence-electron chi connectivity index (χ1n) is 11.3. The summed E-state index contributed by atoms with van der Waals surface area (Å²) in [5.41, 5.74) is 1.18. The minimum absolute atomic E-state index is 0.179. The third-order valence-electron chi connectivity index (χ3n) is 5.61. The predicted molar refractivity (Wildman–Crippen MR) is 120 cm³/mol. The number of nitrogens with zero attached hydrogens (tertiary/aromatic N) is 1. The topological polar surface area (TPSA) is 77.3 Å². The van der Waals surface area contributed by atoms with Gasteiger partial charge >= 0.3 is 0 Å². The Morgan fingerprint density at radius 1 is 1.13 bits per heavy atom. The van der Waals surface area contributed by atoms with Crippen LogP contribution in [0.5, 0.6) is 5.75 Å². The molecule has 0 bridgehead atoms. The van der Waals surface area contributed by atoms with E-state index in [1.807, 2.05) is 24.3 Å². The molecule has 2 atom stereocenters. The Kier molecular flexibility index (Phi) is 8.24. The van der Waals surface area contributed by atoms with E-state index in [1.54, 1.807) is 6.26 Å². The first-order chi connectivity index (χ1) is 15.4. The van der Waals surface area contributed by atoms with Gasteiger partial charge in [-0.25, -0.2) is 0 Å². The normalized spacial score (nSPS) is 20.8. The van der Waals surface area contributed by atoms with Gasteiger partial charge < -0.3 is 29.3 Å². The van der Waals surface area contributed by atoms with Gasteiger partial charge in [-0.1, -0.05) is 18.2 Å². The number of furan rings is 1. The summed E-state index contributed by atoms with van der Waals surface area (Å²) in [5, 5.41) is 7.05. The molecule has 168 valence electrons. The van der Waals surface area contributed by atoms with Crippen molar-refractivity contribution in [3.63, 3.8) is 0 Å². The molecular weight excluding hydrogens is 394 g/mol. The highest BCUT2D eigenvalue weighted by molar-refractivity contribution is 5.80. The number of aliphatic imine (C=N–C) groups is 1. The third-order valence-corrected chi connectivity index (χ3v) is 5.61. The SMILES string of the molecule is c1coc(CCNC(=NCCCOCC2CCOC2)NC2CCOc3ccccc32)c1. The molecule has 0 radical (unpaired) electrons. The van der Waals surface area contributed by atoms with Crippen LogP contribution in [0.1, 0.15) is 36.6 Å². The Morgan fingerprint density at radius 3 is 2.97 bits per heavy atom. The lowest BCUT2D eigenvalue weighted by Crippen LogP contribution is -2.42. The number of benzene rings is 1. The summed E-state index contributed by atoms with van der Waals surface area (Å²) in [4.78, 5) is 4.80. The van der Waals surface area contributed by atoms with Crippen LogP contribution in [0.4, 0.5) is 0 Å². The Bertz CT molecular complexity index is 803. The Labute approximate surface area is 184 Å². The molecule has 0 amide bonds. The summed E-state index contributed by atoms with van der Waals surface area (Å²) in [6, 6.07) is 12.3. The average Bonchev–Trinajstić information content (AvgIpc) is 3.50. The first kappa shape index (κ1) is 21.7. The van der Waals surface area contributed by atoms with E-state index >= 15 is 0 Å². The highest BCUT2D eigenvalue weighted by Crippen LogP contribution is 2.31. The lowest BCUT2D eigenvalue weighted by Gasteiger charge is -2.28. The van der Waals surface area contributed by atoms with E-state index in [0.717, 1.165) is 76.1 Å². The number of guanidine groups is 1. The van der Waals surface area contributed by atoms with E-state index in [-0.39, 0.29) is 6.04 Å². The molecule has 2 N–H and O–H groups in total. The van der Waals surface area contributed by atoms with Crippen molar-refractivity contribution in [2.24, 2.45) is 10.9 Å². The van der Waals surface area contributed by atoms with Crippen molar-refractivity contribution < 1.29 is 18.6 Å². The van der Waals surface area contributed by atoms with Gasteiger partial charge in [-0.15, -0.1) is 0 Å². The minimum atomic E-state index is 0.179. The molecular formula is C24H33N3O4. The lowest BCUT2D eigenvalue weighted by molar-refractivity contribution is 0.0893. The fourth-order valence-electron chi connectivity index (χ4n) is 3.89. The maximum absolute atomic E-state index is 5.81. The van der Waals surface area contributed by atoms with Gasteiger partial charge in [0.15, 0.2) is 5.96 Å². The number of hydrogen-bond donors (Lipinski definition) is 2. The molecule has 4 rings (SSSR count). The lowest BCUT2D eigenvalue weighted by atomic mass is 10.0. The van der Waals surface area contributed by atoms with E-state index < -0.39 is 0 Å². The van der Waals surface area contributed by atoms with Gasteiger partial charge in [-0.05, 0) is 31.0 Å². The van der Waals surface area contributed by atoms with Crippen LogP contribution in [0, 0.1) is 5.92 Å². The maximum Gasteiger partial charge on any atom is 0.191 e. The zero-order valence-electron chi connectivity index (χ0n) is 18.1. The predicted octanol–water partition coefficient (Wildman–Crippen LogP) is 3.32. The second-order valence-corrected chi connectivity index (χ2v) is 8.02. The van der Waals surface area contributed by atoms with Crippen LogP contribution in [0.3, 0.4) is 0 Å². The van der Waals surface area contributed by atoms with E-state index in [9.17, 15) is 0 Å². The van der Waals surface area contributed by atoms with Crippen LogP contribution in [0.15, 0.2) is 52.1 Å². The number of hydrogen-bond acceptors (Lipinski definition) is 5. The highest BCUT2D eigenvalue weighted by Gasteiger charge is 2.22. The molecule has 2 aliphatic rings. The Balaban J connectivity index is 1.28. The summed E-state index contributed by atoms with van der Waals surface area (Å²) in [6.07, 6.45) is 5.42. The van der Waals surface area contributed by atoms with Gasteiger partial charge in [0.05, 0.1) is 32.1 Å². The number of nitrogens with one attached hydrogen (secondary N) is 2. The minimum Gasteiger partial charge on any atom is -0.493 e. The van der Waals surface area contributed by atoms with Crippen molar-refractivity contribution in [1.82, 2.24) is 10.6 Å². The second kappa shape index (κ2) is 11.8. The zero-order chi connectivity index (χ0) is 21.1. The Morgan fingerprint density at radius 2 is 2.10 bits per heavy atom. The molecule has 3 heterocycles. The van der Waals surface area contributed by atoms with Crippen molar-refractivity contribution in [2.45, 2.75) is 31.7 Å². The monoisotopic (exact) mass is 427 g/mol. The molecule has 0 spiro atoms. The standard InChI is InChI=1S/C24H33N3O4/c1-2-7-23-21(6-1)22(10-16-31-23)27-24(26-12-8-20-5-3-14-30-20)25-11-4-13-28-17-19-9-15-29-18-19/h1-3,5-7,14,19,22H,4,8-13,15-18H2,(H2,25,26,27). The summed E-state index contributed by atoms with van der Waals surface area (Å²) in [5.74, 6) is 3.29. The molecule has 0 saturated carbocycles. The summed E-state index contributed by atoms with van der Waals surface area (Å²) < 4.78 is 22.4. The molecule has 7 heteroatoms. The zero-order valence-corrected chi connectivity index (χ0v) is 18.1. The van der Waals surface area contributed by atoms with Crippen LogP contribution < -0.4 is 15.4 Å². The summed E-state index contributed by atoms with van der Waals surface area (Å²) in [7, 11) is 0. The molecule has 31 heavy (non-hydrogen) atoms. The summed E-state index contributed by atoms with van der Waals surface area (Å²) >= 11 is 0. The number of rotatable bonds is 10. The van der Waals surface area contributed by atoms with Crippen molar-refractivity contribution in [1.29, 1.82) is 0 Å². The van der Waals surface area contributed by atoms with E-state index in [1.165, 1.54) is 5.56 Å². The quantitative estimate of drug-likeness (QED) is 0.344. The maximum atomic E-state index is 5.81. The van der Waals surface area contributed by atoms with E-state index in [0.29, 0.717) is 19.1 Å². The van der Waals surface area contributed by atoms with Crippen LogP contribution in [-0.2, 0) is 15.9 Å². The first-order valence-corrected chi connectivity index (χ1v) is 11.3. The molecule has 1 saturated heterocycles. The summed E-state index contributed by atoms with van der Waals surface area (Å²) in [6.45, 7) is 5.37. The molecule has 2 aliphatic heterocycles. The van der Waals surface area contributed by atoms with Gasteiger partial charge in [0.25, 0.3) is 0 Å². The smallest absolute Gasteiger partial charge is 0.191 e. The number of ether oxygens (including phenoxy) is 3. The molecule has 1 aromatic heterocycles. The van der Waals surface area contributed by atoms with Gasteiger partial charge in [0.1, 0.15) is 11.5 Å². The average molecular weight is 428 g/mol. The fraction of sp³-hybridized carbons (Fsp3) is 0.542. The van der Waals surface area contributed by atoms with Gasteiger partial charge in [-0.2, -0.15) is 0 Å². The van der Waals surface area contributed by atoms with Crippen LogP contribution in [0.25, 0.3) is 0 Å². The van der Waals surface area contributed by atoms with Crippen molar-refractivity contribution in [2.75, 3.05) is 46.1 Å². The van der Waals surface area contributed by atoms with Crippen LogP contribution >= 0.6 is 0 Å². The van der Waals surface area contributed by atoms with E-state index in [4.69, 9.17) is 23.6 Å². The molecule has 2 unspecified atom stereocenters. The molecule has 1 aromatic carbocycles.